The second kappa shape index (κ2) is 3.52. The molecule has 0 spiro atoms. The highest BCUT2D eigenvalue weighted by Gasteiger charge is 1.99. The second-order valence-electron chi connectivity index (χ2n) is 2.76. The van der Waals surface area contributed by atoms with Gasteiger partial charge >= 0.3 is 0 Å². The molecule has 14 heavy (non-hydrogen) atoms. The molecule has 1 aromatic carbocycles. The van der Waals surface area contributed by atoms with E-state index in [1.165, 1.54) is 4.70 Å². The summed E-state index contributed by atoms with van der Waals surface area (Å²) in [5, 5.41) is 3.01. The highest BCUT2D eigenvalue weighted by atomic mass is 32.1. The highest BCUT2D eigenvalue weighted by Crippen LogP contribution is 2.24. The van der Waals surface area contributed by atoms with Gasteiger partial charge in [0.25, 0.3) is 5.91 Å². The molecule has 0 aliphatic carbocycles. The Morgan fingerprint density at radius 1 is 1.36 bits per heavy atom. The number of carbonyl (C=O) groups excluding carboxylic acids is 1. The van der Waals surface area contributed by atoms with E-state index in [-0.39, 0.29) is 0 Å². The summed E-state index contributed by atoms with van der Waals surface area (Å²) >= 11 is 1.61. The summed E-state index contributed by atoms with van der Waals surface area (Å²) in [5.74, 6) is 4.49. The lowest BCUT2D eigenvalue weighted by molar-refractivity contribution is -0.112. The predicted molar refractivity (Wildman–Crippen MR) is 57.9 cm³/mol. The first kappa shape index (κ1) is 8.79. The Kier molecular flexibility index (Phi) is 2.21. The molecule has 0 bridgehead atoms. The number of thiophene rings is 1. The molecule has 0 aliphatic rings. The summed E-state index contributed by atoms with van der Waals surface area (Å²) in [6.07, 6.45) is 0. The predicted octanol–water partition coefficient (Wildman–Crippen LogP) is 1.74. The SMILES string of the molecule is NC(=O)C#Cc1csc2ccccc12. The zero-order valence-electron chi connectivity index (χ0n) is 7.28. The van der Waals surface area contributed by atoms with Crippen LogP contribution in [0, 0.1) is 11.8 Å². The summed E-state index contributed by atoms with van der Waals surface area (Å²) in [6, 6.07) is 7.93. The lowest BCUT2D eigenvalue weighted by atomic mass is 10.2. The molecule has 2 nitrogen and oxygen atoms in total. The molecule has 0 aliphatic heterocycles. The fraction of sp³-hybridized carbons (Fsp3) is 0. The van der Waals surface area contributed by atoms with Crippen molar-refractivity contribution in [2.24, 2.45) is 5.73 Å². The largest absolute Gasteiger partial charge is 0.359 e. The number of carbonyl (C=O) groups is 1. The lowest BCUT2D eigenvalue weighted by Gasteiger charge is -1.87. The van der Waals surface area contributed by atoms with Crippen molar-refractivity contribution in [1.29, 1.82) is 0 Å². The fourth-order valence-electron chi connectivity index (χ4n) is 1.20. The first-order valence-electron chi connectivity index (χ1n) is 4.05. The first-order valence-corrected chi connectivity index (χ1v) is 4.93. The molecule has 2 aromatic rings. The topological polar surface area (TPSA) is 43.1 Å². The van der Waals surface area contributed by atoms with E-state index in [0.717, 1.165) is 10.9 Å². The Labute approximate surface area is 85.3 Å². The number of rotatable bonds is 0. The standard InChI is InChI=1S/C11H7NOS/c12-11(13)6-5-8-7-14-10-4-2-1-3-9(8)10/h1-4,7H,(H2,12,13). The van der Waals surface area contributed by atoms with Crippen molar-refractivity contribution in [1.82, 2.24) is 0 Å². The quantitative estimate of drug-likeness (QED) is 0.648. The van der Waals surface area contributed by atoms with Crippen molar-refractivity contribution < 1.29 is 4.79 Å². The maximum absolute atomic E-state index is 10.5. The molecule has 3 heteroatoms. The zero-order chi connectivity index (χ0) is 9.97. The van der Waals surface area contributed by atoms with Gasteiger partial charge in [-0.25, -0.2) is 0 Å². The molecule has 1 amide bonds. The minimum Gasteiger partial charge on any atom is -0.359 e. The average molecular weight is 201 g/mol. The maximum Gasteiger partial charge on any atom is 0.293 e. The number of benzene rings is 1. The van der Waals surface area contributed by atoms with Gasteiger partial charge in [-0.3, -0.25) is 4.79 Å². The number of hydrogen-bond donors (Lipinski definition) is 1. The van der Waals surface area contributed by atoms with Crippen LogP contribution in [0.15, 0.2) is 29.6 Å². The molecule has 0 fully saturated rings. The van der Waals surface area contributed by atoms with Crippen LogP contribution in [0.2, 0.25) is 0 Å². The van der Waals surface area contributed by atoms with Crippen molar-refractivity contribution in [3.8, 4) is 11.8 Å². The average Bonchev–Trinajstić information content (AvgIpc) is 2.58. The van der Waals surface area contributed by atoms with Crippen LogP contribution in [0.25, 0.3) is 10.1 Å². The van der Waals surface area contributed by atoms with Gasteiger partial charge in [0.2, 0.25) is 0 Å². The number of primary amides is 1. The van der Waals surface area contributed by atoms with E-state index < -0.39 is 5.91 Å². The van der Waals surface area contributed by atoms with E-state index in [0.29, 0.717) is 0 Å². The Hall–Kier alpha value is -1.79. The van der Waals surface area contributed by atoms with E-state index >= 15 is 0 Å². The Morgan fingerprint density at radius 3 is 2.93 bits per heavy atom. The van der Waals surface area contributed by atoms with Crippen molar-refractivity contribution >= 4 is 27.3 Å². The van der Waals surface area contributed by atoms with Gasteiger partial charge in [0.1, 0.15) is 0 Å². The third-order valence-electron chi connectivity index (χ3n) is 1.80. The zero-order valence-corrected chi connectivity index (χ0v) is 8.10. The van der Waals surface area contributed by atoms with Crippen LogP contribution >= 0.6 is 11.3 Å². The van der Waals surface area contributed by atoms with E-state index in [1.807, 2.05) is 29.6 Å². The van der Waals surface area contributed by atoms with Crippen LogP contribution in [0.1, 0.15) is 5.56 Å². The number of hydrogen-bond acceptors (Lipinski definition) is 2. The molecule has 0 atom stereocenters. The van der Waals surface area contributed by atoms with Crippen molar-refractivity contribution in [2.45, 2.75) is 0 Å². The number of amides is 1. The molecule has 1 aromatic heterocycles. The van der Waals surface area contributed by atoms with Crippen LogP contribution in [-0.2, 0) is 4.79 Å². The van der Waals surface area contributed by atoms with Gasteiger partial charge in [-0.1, -0.05) is 24.1 Å². The molecule has 0 unspecified atom stereocenters. The molecule has 0 saturated carbocycles. The Bertz CT molecular complexity index is 545. The summed E-state index contributed by atoms with van der Waals surface area (Å²) < 4.78 is 1.17. The lowest BCUT2D eigenvalue weighted by Crippen LogP contribution is -2.06. The third kappa shape index (κ3) is 1.61. The molecular formula is C11H7NOS. The molecule has 2 N–H and O–H groups in total. The molecule has 2 rings (SSSR count). The number of fused-ring (bicyclic) bond motifs is 1. The third-order valence-corrected chi connectivity index (χ3v) is 2.76. The second-order valence-corrected chi connectivity index (χ2v) is 3.67. The molecule has 68 valence electrons. The van der Waals surface area contributed by atoms with Crippen LogP contribution in [-0.4, -0.2) is 5.91 Å². The van der Waals surface area contributed by atoms with Crippen LogP contribution in [0.4, 0.5) is 0 Å². The minimum atomic E-state index is -0.597. The summed E-state index contributed by atoms with van der Waals surface area (Å²) in [7, 11) is 0. The smallest absolute Gasteiger partial charge is 0.293 e. The summed E-state index contributed by atoms with van der Waals surface area (Å²) in [5.41, 5.74) is 5.81. The van der Waals surface area contributed by atoms with Gasteiger partial charge in [-0.2, -0.15) is 0 Å². The Balaban J connectivity index is 2.55. The van der Waals surface area contributed by atoms with Crippen molar-refractivity contribution in [3.63, 3.8) is 0 Å². The Morgan fingerprint density at radius 2 is 2.14 bits per heavy atom. The molecular weight excluding hydrogens is 194 g/mol. The van der Waals surface area contributed by atoms with E-state index in [1.54, 1.807) is 11.3 Å². The van der Waals surface area contributed by atoms with Crippen LogP contribution in [0.5, 0.6) is 0 Å². The summed E-state index contributed by atoms with van der Waals surface area (Å²) in [6.45, 7) is 0. The fourth-order valence-corrected chi connectivity index (χ4v) is 2.10. The highest BCUT2D eigenvalue weighted by molar-refractivity contribution is 7.17. The molecule has 0 saturated heterocycles. The van der Waals surface area contributed by atoms with Crippen LogP contribution in [0.3, 0.4) is 0 Å². The minimum absolute atomic E-state index is 0.597. The van der Waals surface area contributed by atoms with E-state index in [9.17, 15) is 4.79 Å². The molecule has 1 heterocycles. The normalized spacial score (nSPS) is 9.43. The van der Waals surface area contributed by atoms with Gasteiger partial charge in [-0.05, 0) is 6.07 Å². The van der Waals surface area contributed by atoms with Gasteiger partial charge in [0.05, 0.1) is 0 Å². The van der Waals surface area contributed by atoms with E-state index in [2.05, 4.69) is 11.8 Å². The van der Waals surface area contributed by atoms with Gasteiger partial charge in [0, 0.05) is 27.0 Å². The van der Waals surface area contributed by atoms with Gasteiger partial charge in [-0.15, -0.1) is 11.3 Å². The van der Waals surface area contributed by atoms with Crippen molar-refractivity contribution in [3.05, 3.63) is 35.2 Å². The monoisotopic (exact) mass is 201 g/mol. The summed E-state index contributed by atoms with van der Waals surface area (Å²) in [4.78, 5) is 10.5. The van der Waals surface area contributed by atoms with Crippen molar-refractivity contribution in [2.75, 3.05) is 0 Å². The first-order chi connectivity index (χ1) is 6.77. The van der Waals surface area contributed by atoms with E-state index in [4.69, 9.17) is 5.73 Å². The van der Waals surface area contributed by atoms with Gasteiger partial charge < -0.3 is 5.73 Å². The van der Waals surface area contributed by atoms with Crippen LogP contribution < -0.4 is 5.73 Å². The maximum atomic E-state index is 10.5. The number of nitrogens with two attached hydrogens (primary N) is 1. The van der Waals surface area contributed by atoms with Gasteiger partial charge in [0.15, 0.2) is 0 Å². The molecule has 0 radical (unpaired) electrons.